The minimum absolute atomic E-state index is 0.230. The average molecular weight is 242 g/mol. The summed E-state index contributed by atoms with van der Waals surface area (Å²) in [6, 6.07) is 14.8. The molecular weight excluding hydrogens is 231 g/mol. The van der Waals surface area contributed by atoms with Crippen molar-refractivity contribution in [3.8, 4) is 11.1 Å². The van der Waals surface area contributed by atoms with Gasteiger partial charge >= 0.3 is 0 Å². The zero-order valence-corrected chi connectivity index (χ0v) is 10.3. The van der Waals surface area contributed by atoms with Crippen LogP contribution in [0.15, 0.2) is 48.5 Å². The molecule has 1 heterocycles. The molecule has 1 atom stereocenters. The summed E-state index contributed by atoms with van der Waals surface area (Å²) in [6.07, 6.45) is 0. The van der Waals surface area contributed by atoms with Crippen molar-refractivity contribution in [3.63, 3.8) is 0 Å². The van der Waals surface area contributed by atoms with Gasteiger partial charge in [-0.15, -0.1) is 0 Å². The molecular formula is C14H11O2P. The summed E-state index contributed by atoms with van der Waals surface area (Å²) in [6.45, 7) is 1.56. The summed E-state index contributed by atoms with van der Waals surface area (Å²) in [4.78, 5) is 12.2. The van der Waals surface area contributed by atoms with E-state index in [1.54, 1.807) is 18.8 Å². The van der Waals surface area contributed by atoms with Gasteiger partial charge in [-0.05, 0) is 11.1 Å². The SMILES string of the molecule is CP1(=O)C(=O)c2ccccc2-c2ccccc21. The molecule has 0 aromatic heterocycles. The van der Waals surface area contributed by atoms with Crippen LogP contribution >= 0.6 is 7.14 Å². The van der Waals surface area contributed by atoms with E-state index in [0.29, 0.717) is 10.9 Å². The zero-order chi connectivity index (χ0) is 12.0. The predicted octanol–water partition coefficient (Wildman–Crippen LogP) is 3.13. The molecule has 0 spiro atoms. The number of benzene rings is 2. The summed E-state index contributed by atoms with van der Waals surface area (Å²) in [7, 11) is -2.94. The van der Waals surface area contributed by atoms with E-state index in [1.807, 2.05) is 36.4 Å². The number of hydrogen-bond acceptors (Lipinski definition) is 2. The van der Waals surface area contributed by atoms with Crippen molar-refractivity contribution < 1.29 is 9.36 Å². The average Bonchev–Trinajstić information content (AvgIpc) is 2.37. The zero-order valence-electron chi connectivity index (χ0n) is 9.38. The Morgan fingerprint density at radius 3 is 2.06 bits per heavy atom. The molecule has 0 saturated carbocycles. The van der Waals surface area contributed by atoms with E-state index in [2.05, 4.69) is 0 Å². The maximum Gasteiger partial charge on any atom is 0.226 e. The van der Waals surface area contributed by atoms with Crippen molar-refractivity contribution in [3.05, 3.63) is 54.1 Å². The monoisotopic (exact) mass is 242 g/mol. The number of fused-ring (bicyclic) bond motifs is 3. The molecule has 84 valence electrons. The van der Waals surface area contributed by atoms with Crippen LogP contribution in [0.1, 0.15) is 10.4 Å². The van der Waals surface area contributed by atoms with Crippen LogP contribution in [0, 0.1) is 0 Å². The van der Waals surface area contributed by atoms with E-state index in [1.165, 1.54) is 0 Å². The van der Waals surface area contributed by atoms with Crippen molar-refractivity contribution in [2.45, 2.75) is 0 Å². The first-order valence-electron chi connectivity index (χ1n) is 5.44. The molecule has 2 nitrogen and oxygen atoms in total. The van der Waals surface area contributed by atoms with Gasteiger partial charge in [0.05, 0.1) is 0 Å². The molecule has 0 aliphatic carbocycles. The van der Waals surface area contributed by atoms with Gasteiger partial charge in [-0.2, -0.15) is 0 Å². The van der Waals surface area contributed by atoms with Gasteiger partial charge in [0.25, 0.3) is 0 Å². The molecule has 3 heteroatoms. The molecule has 17 heavy (non-hydrogen) atoms. The van der Waals surface area contributed by atoms with Crippen molar-refractivity contribution >= 4 is 18.0 Å². The Hall–Kier alpha value is -1.66. The highest BCUT2D eigenvalue weighted by atomic mass is 31.2. The number of rotatable bonds is 0. The fourth-order valence-corrected chi connectivity index (χ4v) is 4.22. The molecule has 1 aliphatic heterocycles. The van der Waals surface area contributed by atoms with Gasteiger partial charge in [-0.3, -0.25) is 4.79 Å². The second-order valence-electron chi connectivity index (χ2n) is 4.29. The maximum atomic E-state index is 12.6. The van der Waals surface area contributed by atoms with Crippen LogP contribution in [0.4, 0.5) is 0 Å². The second-order valence-corrected chi connectivity index (χ2v) is 7.03. The highest BCUT2D eigenvalue weighted by Crippen LogP contribution is 2.51. The van der Waals surface area contributed by atoms with Crippen LogP contribution in [0.2, 0.25) is 0 Å². The summed E-state index contributed by atoms with van der Waals surface area (Å²) in [5, 5.41) is 0.684. The molecule has 0 saturated heterocycles. The molecule has 0 fully saturated rings. The lowest BCUT2D eigenvalue weighted by atomic mass is 10.00. The summed E-state index contributed by atoms with van der Waals surface area (Å²) in [5.41, 5.74) is 2.17. The highest BCUT2D eigenvalue weighted by Gasteiger charge is 2.37. The quantitative estimate of drug-likeness (QED) is 0.665. The Labute approximate surface area is 99.7 Å². The van der Waals surface area contributed by atoms with Gasteiger partial charge in [0, 0.05) is 17.5 Å². The Balaban J connectivity index is 2.46. The molecule has 1 aliphatic rings. The van der Waals surface area contributed by atoms with Crippen LogP contribution < -0.4 is 5.30 Å². The Kier molecular flexibility index (Phi) is 2.11. The molecule has 2 aromatic rings. The van der Waals surface area contributed by atoms with Gasteiger partial charge in [-0.1, -0.05) is 48.5 Å². The van der Waals surface area contributed by atoms with Crippen molar-refractivity contribution in [1.29, 1.82) is 0 Å². The van der Waals surface area contributed by atoms with E-state index in [0.717, 1.165) is 11.1 Å². The smallest absolute Gasteiger partial charge is 0.226 e. The largest absolute Gasteiger partial charge is 0.310 e. The normalized spacial score (nSPS) is 21.8. The lowest BCUT2D eigenvalue weighted by Gasteiger charge is -2.23. The van der Waals surface area contributed by atoms with E-state index >= 15 is 0 Å². The maximum absolute atomic E-state index is 12.6. The van der Waals surface area contributed by atoms with Crippen LogP contribution in [0.5, 0.6) is 0 Å². The van der Waals surface area contributed by atoms with Gasteiger partial charge in [0.2, 0.25) is 5.52 Å². The number of carbonyl (C=O) groups is 1. The van der Waals surface area contributed by atoms with E-state index in [4.69, 9.17) is 0 Å². The summed E-state index contributed by atoms with van der Waals surface area (Å²) < 4.78 is 12.6. The van der Waals surface area contributed by atoms with Crippen molar-refractivity contribution in [2.24, 2.45) is 0 Å². The van der Waals surface area contributed by atoms with E-state index in [9.17, 15) is 9.36 Å². The molecule has 0 N–H and O–H groups in total. The Bertz CT molecular complexity index is 673. The molecule has 2 aromatic carbocycles. The second kappa shape index (κ2) is 3.41. The van der Waals surface area contributed by atoms with E-state index < -0.39 is 7.14 Å². The van der Waals surface area contributed by atoms with Crippen molar-refractivity contribution in [1.82, 2.24) is 0 Å². The van der Waals surface area contributed by atoms with Gasteiger partial charge in [-0.25, -0.2) is 0 Å². The fourth-order valence-electron chi connectivity index (χ4n) is 2.32. The third-order valence-corrected chi connectivity index (χ3v) is 5.52. The highest BCUT2D eigenvalue weighted by molar-refractivity contribution is 7.87. The fraction of sp³-hybridized carbons (Fsp3) is 0.0714. The standard InChI is InChI=1S/C14H11O2P/c1-17(16)13-9-5-4-7-11(13)10-6-2-3-8-12(10)14(17)15/h2-9H,1H3. The molecule has 0 bridgehead atoms. The summed E-state index contributed by atoms with van der Waals surface area (Å²) >= 11 is 0. The van der Waals surface area contributed by atoms with Crippen LogP contribution in [0.25, 0.3) is 11.1 Å². The lowest BCUT2D eigenvalue weighted by Crippen LogP contribution is -2.20. The number of carbonyl (C=O) groups excluding carboxylic acids is 1. The van der Waals surface area contributed by atoms with E-state index in [-0.39, 0.29) is 5.52 Å². The first-order valence-corrected chi connectivity index (χ1v) is 7.59. The molecule has 3 rings (SSSR count). The van der Waals surface area contributed by atoms with Crippen LogP contribution in [-0.2, 0) is 4.57 Å². The number of hydrogen-bond donors (Lipinski definition) is 0. The first-order chi connectivity index (χ1) is 8.12. The molecule has 1 unspecified atom stereocenters. The third-order valence-electron chi connectivity index (χ3n) is 3.20. The third kappa shape index (κ3) is 1.34. The topological polar surface area (TPSA) is 34.1 Å². The van der Waals surface area contributed by atoms with Crippen molar-refractivity contribution in [2.75, 3.05) is 6.66 Å². The van der Waals surface area contributed by atoms with Gasteiger partial charge in [0.1, 0.15) is 0 Å². The minimum Gasteiger partial charge on any atom is -0.310 e. The van der Waals surface area contributed by atoms with Crippen LogP contribution in [0.3, 0.4) is 0 Å². The molecule has 0 radical (unpaired) electrons. The van der Waals surface area contributed by atoms with Crippen LogP contribution in [-0.4, -0.2) is 12.2 Å². The molecule has 0 amide bonds. The Morgan fingerprint density at radius 2 is 1.35 bits per heavy atom. The minimum atomic E-state index is -2.94. The lowest BCUT2D eigenvalue weighted by molar-refractivity contribution is 0.107. The van der Waals surface area contributed by atoms with Gasteiger partial charge < -0.3 is 4.57 Å². The summed E-state index contributed by atoms with van der Waals surface area (Å²) in [5.74, 6) is 0. The van der Waals surface area contributed by atoms with Gasteiger partial charge in [0.15, 0.2) is 7.14 Å². The Morgan fingerprint density at radius 1 is 0.824 bits per heavy atom. The predicted molar refractivity (Wildman–Crippen MR) is 69.4 cm³/mol. The first kappa shape index (κ1) is 10.5.